The molecular formula is C14H21BrO. The number of ketones is 1. The molecule has 0 aromatic rings. The highest BCUT2D eigenvalue weighted by Crippen LogP contribution is 2.57. The Labute approximate surface area is 107 Å². The van der Waals surface area contributed by atoms with Crippen LogP contribution in [-0.4, -0.2) is 10.6 Å². The van der Waals surface area contributed by atoms with Crippen molar-refractivity contribution in [2.24, 2.45) is 10.8 Å². The van der Waals surface area contributed by atoms with Crippen molar-refractivity contribution in [1.29, 1.82) is 0 Å². The van der Waals surface area contributed by atoms with E-state index in [1.54, 1.807) is 0 Å². The molecule has 2 aliphatic carbocycles. The van der Waals surface area contributed by atoms with Crippen LogP contribution in [0.15, 0.2) is 11.6 Å². The molecule has 1 nitrogen and oxygen atoms in total. The van der Waals surface area contributed by atoms with Gasteiger partial charge in [0.25, 0.3) is 0 Å². The van der Waals surface area contributed by atoms with Gasteiger partial charge in [0.1, 0.15) is 5.78 Å². The predicted molar refractivity (Wildman–Crippen MR) is 70.8 cm³/mol. The van der Waals surface area contributed by atoms with Gasteiger partial charge in [-0.15, -0.1) is 0 Å². The molecule has 0 aromatic carbocycles. The third-order valence-corrected chi connectivity index (χ3v) is 6.52. The molecule has 0 aliphatic heterocycles. The molecule has 0 bridgehead atoms. The second-order valence-corrected chi connectivity index (χ2v) is 7.09. The molecule has 0 N–H and O–H groups in total. The average Bonchev–Trinajstić information content (AvgIpc) is 2.24. The van der Waals surface area contributed by atoms with E-state index in [1.807, 2.05) is 0 Å². The summed E-state index contributed by atoms with van der Waals surface area (Å²) in [5, 5.41) is 0. The predicted octanol–water partition coefficient (Wildman–Crippen LogP) is 4.26. The number of hydrogen-bond acceptors (Lipinski definition) is 1. The molecule has 2 rings (SSSR count). The summed E-state index contributed by atoms with van der Waals surface area (Å²) in [4.78, 5) is 12.9. The van der Waals surface area contributed by atoms with E-state index in [0.717, 1.165) is 32.1 Å². The first-order chi connectivity index (χ1) is 7.40. The summed E-state index contributed by atoms with van der Waals surface area (Å²) < 4.78 is 0. The van der Waals surface area contributed by atoms with Gasteiger partial charge in [-0.3, -0.25) is 4.79 Å². The van der Waals surface area contributed by atoms with Crippen molar-refractivity contribution in [1.82, 2.24) is 0 Å². The van der Waals surface area contributed by atoms with Crippen molar-refractivity contribution in [2.75, 3.05) is 0 Å². The van der Waals surface area contributed by atoms with E-state index in [1.165, 1.54) is 5.57 Å². The van der Waals surface area contributed by atoms with Crippen molar-refractivity contribution < 1.29 is 4.79 Å². The molecule has 0 amide bonds. The first kappa shape index (κ1) is 12.3. The van der Waals surface area contributed by atoms with Gasteiger partial charge in [0.2, 0.25) is 0 Å². The van der Waals surface area contributed by atoms with Crippen LogP contribution < -0.4 is 0 Å². The van der Waals surface area contributed by atoms with Crippen molar-refractivity contribution in [3.8, 4) is 0 Å². The van der Waals surface area contributed by atoms with E-state index in [-0.39, 0.29) is 10.8 Å². The molecule has 1 unspecified atom stereocenters. The van der Waals surface area contributed by atoms with Crippen LogP contribution in [0.1, 0.15) is 52.9 Å². The Bertz CT molecular complexity index is 343. The Balaban J connectivity index is 2.39. The lowest BCUT2D eigenvalue weighted by molar-refractivity contribution is -0.141. The number of hydrogen-bond donors (Lipinski definition) is 0. The first-order valence-corrected chi connectivity index (χ1v) is 7.15. The van der Waals surface area contributed by atoms with Gasteiger partial charge < -0.3 is 0 Å². The summed E-state index contributed by atoms with van der Waals surface area (Å²) in [6, 6.07) is 0. The van der Waals surface area contributed by atoms with Crippen LogP contribution in [0, 0.1) is 10.8 Å². The number of rotatable bonds is 0. The second kappa shape index (κ2) is 3.97. The minimum absolute atomic E-state index is 0.0829. The topological polar surface area (TPSA) is 17.1 Å². The van der Waals surface area contributed by atoms with Crippen molar-refractivity contribution in [3.63, 3.8) is 0 Å². The third kappa shape index (κ3) is 1.61. The quantitative estimate of drug-likeness (QED) is 0.480. The van der Waals surface area contributed by atoms with Crippen molar-refractivity contribution in [3.05, 3.63) is 11.6 Å². The highest BCUT2D eigenvalue weighted by molar-refractivity contribution is 9.09. The fourth-order valence-electron chi connectivity index (χ4n) is 3.32. The lowest BCUT2D eigenvalue weighted by atomic mass is 9.52. The molecule has 16 heavy (non-hydrogen) atoms. The molecule has 2 heteroatoms. The largest absolute Gasteiger partial charge is 0.299 e. The van der Waals surface area contributed by atoms with Crippen molar-refractivity contribution in [2.45, 2.75) is 57.7 Å². The summed E-state index contributed by atoms with van der Waals surface area (Å²) in [6.45, 7) is 6.70. The maximum absolute atomic E-state index is 12.4. The number of alkyl halides is 1. The zero-order chi connectivity index (χ0) is 12.0. The Hall–Kier alpha value is -0.110. The smallest absolute Gasteiger partial charge is 0.139 e. The Morgan fingerprint density at radius 3 is 2.62 bits per heavy atom. The standard InChI is InChI=1S/C14H21BrO/c1-10-6-8-14(9-7-10)12(16)5-4-11(15)13(14,2)3/h6,11H,4-5,7-9H2,1-3H3/t11?,14-/m0/s1. The summed E-state index contributed by atoms with van der Waals surface area (Å²) in [6.07, 6.45) is 7.13. The second-order valence-electron chi connectivity index (χ2n) is 5.99. The first-order valence-electron chi connectivity index (χ1n) is 6.23. The van der Waals surface area contributed by atoms with Crippen LogP contribution in [0.3, 0.4) is 0 Å². The molecule has 2 atom stereocenters. The van der Waals surface area contributed by atoms with E-state index in [0.29, 0.717) is 10.6 Å². The van der Waals surface area contributed by atoms with Gasteiger partial charge >= 0.3 is 0 Å². The van der Waals surface area contributed by atoms with Gasteiger partial charge in [0, 0.05) is 16.7 Å². The van der Waals surface area contributed by atoms with E-state index in [2.05, 4.69) is 42.8 Å². The van der Waals surface area contributed by atoms with E-state index >= 15 is 0 Å². The van der Waals surface area contributed by atoms with E-state index in [9.17, 15) is 4.79 Å². The average molecular weight is 285 g/mol. The summed E-state index contributed by atoms with van der Waals surface area (Å²) in [7, 11) is 0. The molecule has 0 saturated heterocycles. The number of allylic oxidation sites excluding steroid dienone is 2. The van der Waals surface area contributed by atoms with Crippen LogP contribution in [0.2, 0.25) is 0 Å². The van der Waals surface area contributed by atoms with Gasteiger partial charge in [-0.25, -0.2) is 0 Å². The number of carbonyl (C=O) groups is 1. The monoisotopic (exact) mass is 284 g/mol. The van der Waals surface area contributed by atoms with Gasteiger partial charge in [-0.1, -0.05) is 41.4 Å². The number of halogens is 1. The molecule has 2 aliphatic rings. The van der Waals surface area contributed by atoms with Gasteiger partial charge in [-0.2, -0.15) is 0 Å². The highest BCUT2D eigenvalue weighted by atomic mass is 79.9. The van der Waals surface area contributed by atoms with Crippen LogP contribution in [0.4, 0.5) is 0 Å². The summed E-state index contributed by atoms with van der Waals surface area (Å²) in [5.74, 6) is 0.497. The molecule has 0 aromatic heterocycles. The Kier molecular flexibility index (Phi) is 3.07. The summed E-state index contributed by atoms with van der Waals surface area (Å²) >= 11 is 3.79. The minimum atomic E-state index is -0.0983. The molecular weight excluding hydrogens is 264 g/mol. The van der Waals surface area contributed by atoms with Crippen LogP contribution >= 0.6 is 15.9 Å². The fraction of sp³-hybridized carbons (Fsp3) is 0.786. The molecule has 0 heterocycles. The maximum atomic E-state index is 12.4. The molecule has 1 fully saturated rings. The molecule has 0 radical (unpaired) electrons. The van der Waals surface area contributed by atoms with Crippen LogP contribution in [0.5, 0.6) is 0 Å². The lowest BCUT2D eigenvalue weighted by Gasteiger charge is -2.53. The van der Waals surface area contributed by atoms with Crippen molar-refractivity contribution >= 4 is 21.7 Å². The van der Waals surface area contributed by atoms with E-state index < -0.39 is 0 Å². The lowest BCUT2D eigenvalue weighted by Crippen LogP contribution is -2.53. The minimum Gasteiger partial charge on any atom is -0.299 e. The zero-order valence-corrected chi connectivity index (χ0v) is 12.1. The van der Waals surface area contributed by atoms with Gasteiger partial charge in [0.05, 0.1) is 0 Å². The molecule has 1 saturated carbocycles. The summed E-state index contributed by atoms with van der Waals surface area (Å²) in [5.41, 5.74) is 1.43. The third-order valence-electron chi connectivity index (χ3n) is 4.92. The van der Waals surface area contributed by atoms with Crippen LogP contribution in [-0.2, 0) is 4.79 Å². The zero-order valence-electron chi connectivity index (χ0n) is 10.5. The van der Waals surface area contributed by atoms with Crippen LogP contribution in [0.25, 0.3) is 0 Å². The number of Topliss-reactive ketones (excluding diaryl/α,β-unsaturated/α-hetero) is 1. The normalized spacial score (nSPS) is 38.6. The molecule has 1 spiro atoms. The molecule has 90 valence electrons. The highest BCUT2D eigenvalue weighted by Gasteiger charge is 2.55. The Morgan fingerprint density at radius 1 is 1.38 bits per heavy atom. The SMILES string of the molecule is CC1=CC[C@]2(CC1)C(=O)CCC(Br)C2(C)C. The van der Waals surface area contributed by atoms with Gasteiger partial charge in [0.15, 0.2) is 0 Å². The fourth-order valence-corrected chi connectivity index (χ4v) is 3.99. The van der Waals surface area contributed by atoms with Gasteiger partial charge in [-0.05, 0) is 38.0 Å². The Morgan fingerprint density at radius 2 is 2.06 bits per heavy atom. The van der Waals surface area contributed by atoms with E-state index in [4.69, 9.17) is 0 Å². The number of carbonyl (C=O) groups excluding carboxylic acids is 1. The maximum Gasteiger partial charge on any atom is 0.139 e.